The molecule has 0 unspecified atom stereocenters. The second kappa shape index (κ2) is 12.3. The number of carbonyl (C=O) groups is 2. The van der Waals surface area contributed by atoms with Gasteiger partial charge in [0.25, 0.3) is 0 Å². The van der Waals surface area contributed by atoms with Gasteiger partial charge in [0.15, 0.2) is 0 Å². The summed E-state index contributed by atoms with van der Waals surface area (Å²) in [4.78, 5) is 27.9. The van der Waals surface area contributed by atoms with Gasteiger partial charge < -0.3 is 15.0 Å². The van der Waals surface area contributed by atoms with Crippen LogP contribution in [0.15, 0.2) is 42.5 Å². The standard InChI is InChI=1S/C25H34ClN3O5S/c1-7-18(3)27-25(31)19(4)28(15-20-9-12-22(34-5)13-10-20)24(30)16-29(35(6,32)33)23-14-21(26)11-8-17(23)2/h8-14,18-19H,7,15-16H2,1-6H3,(H,27,31)/t18-,19-/m1/s1. The van der Waals surface area contributed by atoms with Gasteiger partial charge in [0.1, 0.15) is 18.3 Å². The highest BCUT2D eigenvalue weighted by molar-refractivity contribution is 7.92. The SMILES string of the molecule is CC[C@@H](C)NC(=O)[C@@H](C)N(Cc1ccc(OC)cc1)C(=O)CN(c1cc(Cl)ccc1C)S(C)(=O)=O. The van der Waals surface area contributed by atoms with Crippen molar-refractivity contribution < 1.29 is 22.7 Å². The molecule has 1 N–H and O–H groups in total. The van der Waals surface area contributed by atoms with E-state index in [4.69, 9.17) is 16.3 Å². The molecule has 2 aromatic rings. The van der Waals surface area contributed by atoms with Crippen LogP contribution in [0.1, 0.15) is 38.3 Å². The van der Waals surface area contributed by atoms with Crippen molar-refractivity contribution in [3.8, 4) is 5.75 Å². The van der Waals surface area contributed by atoms with Crippen LogP contribution in [0, 0.1) is 6.92 Å². The van der Waals surface area contributed by atoms with E-state index in [1.807, 2.05) is 13.8 Å². The van der Waals surface area contributed by atoms with Crippen LogP contribution < -0.4 is 14.4 Å². The molecule has 10 heteroatoms. The molecule has 35 heavy (non-hydrogen) atoms. The lowest BCUT2D eigenvalue weighted by Gasteiger charge is -2.32. The fourth-order valence-electron chi connectivity index (χ4n) is 3.42. The first-order valence-corrected chi connectivity index (χ1v) is 13.6. The minimum Gasteiger partial charge on any atom is -0.497 e. The van der Waals surface area contributed by atoms with E-state index in [1.54, 1.807) is 57.4 Å². The average molecular weight is 524 g/mol. The number of aryl methyl sites for hydroxylation is 1. The second-order valence-electron chi connectivity index (χ2n) is 8.56. The molecule has 0 saturated heterocycles. The Hall–Kier alpha value is -2.78. The molecule has 0 aliphatic heterocycles. The van der Waals surface area contributed by atoms with E-state index in [0.29, 0.717) is 22.0 Å². The van der Waals surface area contributed by atoms with Crippen LogP contribution in [-0.4, -0.2) is 57.1 Å². The van der Waals surface area contributed by atoms with E-state index in [-0.39, 0.29) is 18.5 Å². The molecule has 192 valence electrons. The molecule has 8 nitrogen and oxygen atoms in total. The molecule has 0 aliphatic rings. The Morgan fingerprint density at radius 3 is 2.29 bits per heavy atom. The fourth-order valence-corrected chi connectivity index (χ4v) is 4.49. The Morgan fingerprint density at radius 2 is 1.74 bits per heavy atom. The molecule has 0 heterocycles. The number of halogens is 1. The molecule has 2 rings (SSSR count). The van der Waals surface area contributed by atoms with Crippen molar-refractivity contribution in [2.75, 3.05) is 24.2 Å². The summed E-state index contributed by atoms with van der Waals surface area (Å²) >= 11 is 6.12. The number of anilines is 1. The lowest BCUT2D eigenvalue weighted by Crippen LogP contribution is -2.52. The zero-order valence-electron chi connectivity index (χ0n) is 21.0. The monoisotopic (exact) mass is 523 g/mol. The van der Waals surface area contributed by atoms with Crippen LogP contribution >= 0.6 is 11.6 Å². The molecule has 0 spiro atoms. The third-order valence-electron chi connectivity index (χ3n) is 5.80. The fraction of sp³-hybridized carbons (Fsp3) is 0.440. The van der Waals surface area contributed by atoms with E-state index in [1.165, 1.54) is 11.0 Å². The number of nitrogens with one attached hydrogen (secondary N) is 1. The van der Waals surface area contributed by atoms with Crippen molar-refractivity contribution in [2.24, 2.45) is 0 Å². The second-order valence-corrected chi connectivity index (χ2v) is 10.9. The smallest absolute Gasteiger partial charge is 0.244 e. The van der Waals surface area contributed by atoms with Crippen molar-refractivity contribution >= 4 is 39.1 Å². The lowest BCUT2D eigenvalue weighted by atomic mass is 10.1. The number of hydrogen-bond acceptors (Lipinski definition) is 5. The first-order chi connectivity index (χ1) is 16.4. The van der Waals surface area contributed by atoms with Crippen molar-refractivity contribution in [1.82, 2.24) is 10.2 Å². The van der Waals surface area contributed by atoms with Crippen LogP contribution in [0.3, 0.4) is 0 Å². The number of rotatable bonds is 11. The number of sulfonamides is 1. The van der Waals surface area contributed by atoms with Gasteiger partial charge in [0, 0.05) is 17.6 Å². The van der Waals surface area contributed by atoms with Gasteiger partial charge in [0.05, 0.1) is 19.1 Å². The van der Waals surface area contributed by atoms with E-state index < -0.39 is 28.5 Å². The number of nitrogens with zero attached hydrogens (tertiary/aromatic N) is 2. The minimum absolute atomic E-state index is 0.0653. The third-order valence-corrected chi connectivity index (χ3v) is 7.16. The predicted molar refractivity (Wildman–Crippen MR) is 139 cm³/mol. The van der Waals surface area contributed by atoms with E-state index in [9.17, 15) is 18.0 Å². The first-order valence-electron chi connectivity index (χ1n) is 11.3. The van der Waals surface area contributed by atoms with Crippen LogP contribution in [-0.2, 0) is 26.2 Å². The zero-order chi connectivity index (χ0) is 26.3. The lowest BCUT2D eigenvalue weighted by molar-refractivity contribution is -0.139. The molecule has 0 saturated carbocycles. The number of carbonyl (C=O) groups excluding carboxylic acids is 2. The third kappa shape index (κ3) is 7.86. The molecule has 0 aliphatic carbocycles. The van der Waals surface area contributed by atoms with Crippen LogP contribution in [0.25, 0.3) is 0 Å². The molecule has 0 bridgehead atoms. The Labute approximate surface area is 213 Å². The van der Waals surface area contributed by atoms with Crippen molar-refractivity contribution in [3.05, 3.63) is 58.6 Å². The highest BCUT2D eigenvalue weighted by Crippen LogP contribution is 2.27. The highest BCUT2D eigenvalue weighted by Gasteiger charge is 2.31. The minimum atomic E-state index is -3.83. The number of hydrogen-bond donors (Lipinski definition) is 1. The maximum Gasteiger partial charge on any atom is 0.244 e. The number of benzene rings is 2. The molecular weight excluding hydrogens is 490 g/mol. The Balaban J connectivity index is 2.42. The molecule has 2 aromatic carbocycles. The summed E-state index contributed by atoms with van der Waals surface area (Å²) in [5.74, 6) is -0.169. The predicted octanol–water partition coefficient (Wildman–Crippen LogP) is 3.76. The number of ether oxygens (including phenoxy) is 1. The Morgan fingerprint density at radius 1 is 1.11 bits per heavy atom. The van der Waals surface area contributed by atoms with Gasteiger partial charge in [-0.3, -0.25) is 13.9 Å². The quantitative estimate of drug-likeness (QED) is 0.484. The number of amides is 2. The van der Waals surface area contributed by atoms with Gasteiger partial charge in [-0.2, -0.15) is 0 Å². The topological polar surface area (TPSA) is 96.0 Å². The molecule has 2 atom stereocenters. The molecule has 0 radical (unpaired) electrons. The van der Waals surface area contributed by atoms with Gasteiger partial charge in [-0.05, 0) is 62.6 Å². The largest absolute Gasteiger partial charge is 0.497 e. The normalized spacial score (nSPS) is 13.0. The number of methoxy groups -OCH3 is 1. The van der Waals surface area contributed by atoms with Crippen molar-refractivity contribution in [2.45, 2.75) is 52.7 Å². The summed E-state index contributed by atoms with van der Waals surface area (Å²) in [5, 5.41) is 3.25. The summed E-state index contributed by atoms with van der Waals surface area (Å²) in [7, 11) is -2.27. The summed E-state index contributed by atoms with van der Waals surface area (Å²) in [6.07, 6.45) is 1.77. The maximum atomic E-state index is 13.6. The van der Waals surface area contributed by atoms with Gasteiger partial charge in [-0.1, -0.05) is 36.7 Å². The average Bonchev–Trinajstić information content (AvgIpc) is 2.81. The zero-order valence-corrected chi connectivity index (χ0v) is 22.6. The van der Waals surface area contributed by atoms with Crippen LogP contribution in [0.5, 0.6) is 5.75 Å². The van der Waals surface area contributed by atoms with Crippen LogP contribution in [0.2, 0.25) is 5.02 Å². The van der Waals surface area contributed by atoms with E-state index >= 15 is 0 Å². The van der Waals surface area contributed by atoms with Crippen molar-refractivity contribution in [3.63, 3.8) is 0 Å². The Kier molecular flexibility index (Phi) is 9.97. The summed E-state index contributed by atoms with van der Waals surface area (Å²) in [6, 6.07) is 11.1. The highest BCUT2D eigenvalue weighted by atomic mass is 35.5. The van der Waals surface area contributed by atoms with Gasteiger partial charge in [0.2, 0.25) is 21.8 Å². The van der Waals surface area contributed by atoms with E-state index in [0.717, 1.165) is 22.5 Å². The van der Waals surface area contributed by atoms with E-state index in [2.05, 4.69) is 5.32 Å². The van der Waals surface area contributed by atoms with Gasteiger partial charge >= 0.3 is 0 Å². The summed E-state index contributed by atoms with van der Waals surface area (Å²) < 4.78 is 31.6. The molecular formula is C25H34ClN3O5S. The van der Waals surface area contributed by atoms with Crippen LogP contribution in [0.4, 0.5) is 5.69 Å². The van der Waals surface area contributed by atoms with Gasteiger partial charge in [-0.25, -0.2) is 8.42 Å². The first kappa shape index (κ1) is 28.5. The summed E-state index contributed by atoms with van der Waals surface area (Å²) in [6.45, 7) is 6.85. The maximum absolute atomic E-state index is 13.6. The molecule has 2 amide bonds. The Bertz CT molecular complexity index is 1140. The molecule has 0 aromatic heterocycles. The summed E-state index contributed by atoms with van der Waals surface area (Å²) in [5.41, 5.74) is 1.73. The molecule has 0 fully saturated rings. The van der Waals surface area contributed by atoms with Crippen molar-refractivity contribution in [1.29, 1.82) is 0 Å². The van der Waals surface area contributed by atoms with Gasteiger partial charge in [-0.15, -0.1) is 0 Å².